The first-order chi connectivity index (χ1) is 8.60. The first-order valence-corrected chi connectivity index (χ1v) is 6.17. The van der Waals surface area contributed by atoms with E-state index in [0.717, 1.165) is 18.4 Å². The lowest BCUT2D eigenvalue weighted by Crippen LogP contribution is -2.64. The Morgan fingerprint density at radius 3 is 2.33 bits per heavy atom. The molecule has 1 aromatic rings. The number of carbonyl (C=O) groups excluding carboxylic acids is 1. The van der Waals surface area contributed by atoms with E-state index < -0.39 is 6.09 Å². The van der Waals surface area contributed by atoms with Gasteiger partial charge in [-0.3, -0.25) is 4.79 Å². The molecule has 1 saturated heterocycles. The number of Topliss-reactive ketones (excluding diaryl/α,β-unsaturated/α-hetero) is 1. The molecule has 1 aliphatic carbocycles. The first-order valence-electron chi connectivity index (χ1n) is 6.17. The number of hydrogen-bond donors (Lipinski definition) is 1. The second-order valence-electron chi connectivity index (χ2n) is 5.47. The van der Waals surface area contributed by atoms with Gasteiger partial charge in [0.15, 0.2) is 5.78 Å². The standard InChI is InChI=1S/C14H15NO3/c16-12(10-4-2-1-3-5-10)11-6-14(7-11)8-15(9-14)13(17)18/h1-5,11H,6-9H2,(H,17,18). The van der Waals surface area contributed by atoms with Gasteiger partial charge in [0, 0.05) is 30.0 Å². The SMILES string of the molecule is O=C(c1ccccc1)C1CC2(C1)CN(C(=O)O)C2. The van der Waals surface area contributed by atoms with Crippen LogP contribution in [-0.4, -0.2) is 35.0 Å². The van der Waals surface area contributed by atoms with Crippen molar-refractivity contribution in [2.45, 2.75) is 12.8 Å². The van der Waals surface area contributed by atoms with Gasteiger partial charge in [-0.2, -0.15) is 0 Å². The average molecular weight is 245 g/mol. The summed E-state index contributed by atoms with van der Waals surface area (Å²) in [6, 6.07) is 9.33. The predicted octanol–water partition coefficient (Wildman–Crippen LogP) is 2.26. The molecule has 0 radical (unpaired) electrons. The molecular formula is C14H15NO3. The number of rotatable bonds is 2. The highest BCUT2D eigenvalue weighted by molar-refractivity contribution is 5.98. The van der Waals surface area contributed by atoms with Crippen LogP contribution in [0.2, 0.25) is 0 Å². The minimum atomic E-state index is -0.849. The molecule has 1 aromatic carbocycles. The Bertz CT molecular complexity index is 483. The molecule has 3 rings (SSSR count). The number of carboxylic acid groups (broad SMARTS) is 1. The number of likely N-dealkylation sites (tertiary alicyclic amines) is 1. The number of ketones is 1. The minimum absolute atomic E-state index is 0.0864. The van der Waals surface area contributed by atoms with Crippen LogP contribution in [0.25, 0.3) is 0 Å². The Labute approximate surface area is 105 Å². The summed E-state index contributed by atoms with van der Waals surface area (Å²) >= 11 is 0. The number of hydrogen-bond acceptors (Lipinski definition) is 2. The van der Waals surface area contributed by atoms with E-state index >= 15 is 0 Å². The smallest absolute Gasteiger partial charge is 0.407 e. The van der Waals surface area contributed by atoms with Gasteiger partial charge in [-0.05, 0) is 12.8 Å². The summed E-state index contributed by atoms with van der Waals surface area (Å²) in [6.07, 6.45) is 0.827. The van der Waals surface area contributed by atoms with Crippen LogP contribution in [-0.2, 0) is 0 Å². The normalized spacial score (nSPS) is 21.2. The van der Waals surface area contributed by atoms with Gasteiger partial charge in [0.2, 0.25) is 0 Å². The molecule has 0 aromatic heterocycles. The molecule has 1 N–H and O–H groups in total. The van der Waals surface area contributed by atoms with Gasteiger partial charge in [-0.25, -0.2) is 4.79 Å². The maximum absolute atomic E-state index is 12.1. The fourth-order valence-electron chi connectivity index (χ4n) is 3.17. The van der Waals surface area contributed by atoms with E-state index in [-0.39, 0.29) is 17.1 Å². The molecule has 0 unspecified atom stereocenters. The van der Waals surface area contributed by atoms with Crippen LogP contribution < -0.4 is 0 Å². The van der Waals surface area contributed by atoms with Gasteiger partial charge in [-0.1, -0.05) is 30.3 Å². The number of benzene rings is 1. The van der Waals surface area contributed by atoms with E-state index in [0.29, 0.717) is 13.1 Å². The summed E-state index contributed by atoms with van der Waals surface area (Å²) in [7, 11) is 0. The fraction of sp³-hybridized carbons (Fsp3) is 0.429. The topological polar surface area (TPSA) is 57.6 Å². The van der Waals surface area contributed by atoms with E-state index in [1.807, 2.05) is 30.3 Å². The lowest BCUT2D eigenvalue weighted by atomic mass is 9.56. The van der Waals surface area contributed by atoms with E-state index in [2.05, 4.69) is 0 Å². The maximum Gasteiger partial charge on any atom is 0.407 e. The van der Waals surface area contributed by atoms with Crippen molar-refractivity contribution in [3.05, 3.63) is 35.9 Å². The van der Waals surface area contributed by atoms with Crippen LogP contribution in [0.15, 0.2) is 30.3 Å². The monoisotopic (exact) mass is 245 g/mol. The second-order valence-corrected chi connectivity index (χ2v) is 5.47. The Kier molecular flexibility index (Phi) is 2.40. The third-order valence-electron chi connectivity index (χ3n) is 4.11. The quantitative estimate of drug-likeness (QED) is 0.813. The van der Waals surface area contributed by atoms with Crippen LogP contribution in [0, 0.1) is 11.3 Å². The van der Waals surface area contributed by atoms with Gasteiger partial charge in [-0.15, -0.1) is 0 Å². The fourth-order valence-corrected chi connectivity index (χ4v) is 3.17. The zero-order chi connectivity index (χ0) is 12.8. The summed E-state index contributed by atoms with van der Waals surface area (Å²) in [6.45, 7) is 1.20. The Balaban J connectivity index is 1.58. The molecule has 4 heteroatoms. The van der Waals surface area contributed by atoms with Crippen molar-refractivity contribution >= 4 is 11.9 Å². The highest BCUT2D eigenvalue weighted by Crippen LogP contribution is 2.52. The van der Waals surface area contributed by atoms with Crippen LogP contribution in [0.5, 0.6) is 0 Å². The summed E-state index contributed by atoms with van der Waals surface area (Å²) in [4.78, 5) is 24.3. The van der Waals surface area contributed by atoms with Gasteiger partial charge >= 0.3 is 6.09 Å². The van der Waals surface area contributed by atoms with Crippen molar-refractivity contribution in [2.75, 3.05) is 13.1 Å². The summed E-state index contributed by atoms with van der Waals surface area (Å²) in [5.41, 5.74) is 0.875. The Hall–Kier alpha value is -1.84. The average Bonchev–Trinajstić information content (AvgIpc) is 2.25. The maximum atomic E-state index is 12.1. The van der Waals surface area contributed by atoms with Crippen LogP contribution in [0.1, 0.15) is 23.2 Å². The molecule has 1 saturated carbocycles. The lowest BCUT2D eigenvalue weighted by molar-refractivity contribution is -0.0696. The van der Waals surface area contributed by atoms with Crippen molar-refractivity contribution in [1.82, 2.24) is 4.90 Å². The van der Waals surface area contributed by atoms with Crippen LogP contribution >= 0.6 is 0 Å². The van der Waals surface area contributed by atoms with Crippen LogP contribution in [0.4, 0.5) is 4.79 Å². The van der Waals surface area contributed by atoms with Gasteiger partial charge in [0.05, 0.1) is 0 Å². The van der Waals surface area contributed by atoms with E-state index in [9.17, 15) is 9.59 Å². The molecule has 18 heavy (non-hydrogen) atoms. The highest BCUT2D eigenvalue weighted by atomic mass is 16.4. The number of carbonyl (C=O) groups is 2. The van der Waals surface area contributed by atoms with Gasteiger partial charge in [0.25, 0.3) is 0 Å². The molecule has 4 nitrogen and oxygen atoms in total. The van der Waals surface area contributed by atoms with Crippen molar-refractivity contribution in [3.63, 3.8) is 0 Å². The molecule has 1 heterocycles. The molecular weight excluding hydrogens is 230 g/mol. The zero-order valence-corrected chi connectivity index (χ0v) is 10.0. The van der Waals surface area contributed by atoms with Crippen molar-refractivity contribution < 1.29 is 14.7 Å². The lowest BCUT2D eigenvalue weighted by Gasteiger charge is -2.57. The molecule has 0 bridgehead atoms. The zero-order valence-electron chi connectivity index (χ0n) is 10.0. The molecule has 0 atom stereocenters. The van der Waals surface area contributed by atoms with Crippen molar-refractivity contribution in [2.24, 2.45) is 11.3 Å². The Morgan fingerprint density at radius 2 is 1.78 bits per heavy atom. The molecule has 94 valence electrons. The van der Waals surface area contributed by atoms with E-state index in [1.54, 1.807) is 0 Å². The van der Waals surface area contributed by atoms with Gasteiger partial charge < -0.3 is 10.0 Å². The number of nitrogens with zero attached hydrogens (tertiary/aromatic N) is 1. The predicted molar refractivity (Wildman–Crippen MR) is 65.5 cm³/mol. The van der Waals surface area contributed by atoms with E-state index in [4.69, 9.17) is 5.11 Å². The van der Waals surface area contributed by atoms with Gasteiger partial charge in [0.1, 0.15) is 0 Å². The van der Waals surface area contributed by atoms with Crippen molar-refractivity contribution in [3.8, 4) is 0 Å². The Morgan fingerprint density at radius 1 is 1.17 bits per heavy atom. The minimum Gasteiger partial charge on any atom is -0.465 e. The summed E-state index contributed by atoms with van der Waals surface area (Å²) in [5.74, 6) is 0.290. The molecule has 2 fully saturated rings. The largest absolute Gasteiger partial charge is 0.465 e. The first kappa shape index (κ1) is 11.3. The molecule has 2 aliphatic rings. The van der Waals surface area contributed by atoms with Crippen molar-refractivity contribution in [1.29, 1.82) is 0 Å². The molecule has 1 aliphatic heterocycles. The highest BCUT2D eigenvalue weighted by Gasteiger charge is 2.55. The summed E-state index contributed by atoms with van der Waals surface area (Å²) in [5, 5.41) is 8.80. The number of amides is 1. The molecule has 1 spiro atoms. The molecule has 1 amide bonds. The van der Waals surface area contributed by atoms with E-state index in [1.165, 1.54) is 4.90 Å². The third-order valence-corrected chi connectivity index (χ3v) is 4.11. The van der Waals surface area contributed by atoms with Crippen LogP contribution in [0.3, 0.4) is 0 Å². The summed E-state index contributed by atoms with van der Waals surface area (Å²) < 4.78 is 0. The second kappa shape index (κ2) is 3.83. The third kappa shape index (κ3) is 1.68.